The number of hydrogen-bond acceptors (Lipinski definition) is 1. The van der Waals surface area contributed by atoms with E-state index in [0.717, 1.165) is 0 Å². The van der Waals surface area contributed by atoms with Gasteiger partial charge in [0.05, 0.1) is 0 Å². The quantitative estimate of drug-likeness (QED) is 0.578. The predicted octanol–water partition coefficient (Wildman–Crippen LogP) is 1.69. The van der Waals surface area contributed by atoms with Crippen LogP contribution >= 0.6 is 49.6 Å². The van der Waals surface area contributed by atoms with E-state index >= 15 is 0 Å². The average molecular weight is 189 g/mol. The fourth-order valence-electron chi connectivity index (χ4n) is 0. The van der Waals surface area contributed by atoms with E-state index in [9.17, 15) is 0 Å². The van der Waals surface area contributed by atoms with Gasteiger partial charge in [-0.2, -0.15) is 0 Å². The molecule has 44 valence electrons. The third kappa shape index (κ3) is 39.5. The summed E-state index contributed by atoms with van der Waals surface area (Å²) in [5.74, 6) is 0. The molecule has 0 atom stereocenters. The second-order valence-corrected chi connectivity index (χ2v) is 0. The van der Waals surface area contributed by atoms with Crippen molar-refractivity contribution in [2.24, 2.45) is 0 Å². The van der Waals surface area contributed by atoms with Crippen LogP contribution in [0.15, 0.2) is 0 Å². The molecule has 0 bridgehead atoms. The van der Waals surface area contributed by atoms with Gasteiger partial charge in [-0.1, -0.05) is 0 Å². The van der Waals surface area contributed by atoms with E-state index < -0.39 is 0 Å². The van der Waals surface area contributed by atoms with Gasteiger partial charge in [0.25, 0.3) is 0 Å². The Morgan fingerprint density at radius 1 is 0.667 bits per heavy atom. The van der Waals surface area contributed by atoms with Gasteiger partial charge in [-0.05, 0) is 0 Å². The van der Waals surface area contributed by atoms with Crippen LogP contribution in [0, 0.1) is 0 Å². The molecule has 0 spiro atoms. The van der Waals surface area contributed by atoms with Gasteiger partial charge < -0.3 is 9.00 Å². The molecule has 6 heavy (non-hydrogen) atoms. The molecule has 0 saturated heterocycles. The largest absolute Gasteiger partial charge is 2.00 e. The third-order valence-corrected chi connectivity index (χ3v) is 0. The molecule has 0 saturated carbocycles. The molecule has 0 unspecified atom stereocenters. The molecule has 6 heteroatoms. The minimum Gasteiger partial charge on any atom is -1.00 e. The molecular formula is H9Cl4MgN. The molecule has 1 nitrogen and oxygen atoms in total. The molecule has 0 aliphatic rings. The zero-order valence-electron chi connectivity index (χ0n) is 5.05. The molecule has 0 radical (unpaired) electrons. The van der Waals surface area contributed by atoms with Crippen LogP contribution in [0.3, 0.4) is 0 Å². The second-order valence-electron chi connectivity index (χ2n) is 0. The first-order chi connectivity index (χ1) is 0. The first-order valence-corrected chi connectivity index (χ1v) is 0. The molecular weight excluding hydrogens is 180 g/mol. The minimum atomic E-state index is 0. The van der Waals surface area contributed by atoms with Crippen molar-refractivity contribution in [1.82, 2.24) is 6.15 Å². The van der Waals surface area contributed by atoms with Crippen LogP contribution in [0.1, 0.15) is 2.85 Å². The van der Waals surface area contributed by atoms with Gasteiger partial charge in [0.1, 0.15) is 0 Å². The molecule has 0 aromatic rings. The first-order valence-electron chi connectivity index (χ1n) is 0. The van der Waals surface area contributed by atoms with Gasteiger partial charge in [-0.25, -0.2) is 0 Å². The summed E-state index contributed by atoms with van der Waals surface area (Å²) in [4.78, 5) is 0. The molecule has 0 aromatic heterocycles. The van der Waals surface area contributed by atoms with Gasteiger partial charge >= 0.3 is 23.1 Å². The summed E-state index contributed by atoms with van der Waals surface area (Å²) in [6.07, 6.45) is 0. The maximum atomic E-state index is 0. The van der Waals surface area contributed by atoms with E-state index in [2.05, 4.69) is 0 Å². The topological polar surface area (TPSA) is 35.0 Å². The van der Waals surface area contributed by atoms with Crippen molar-refractivity contribution in [1.29, 1.82) is 0 Å². The Morgan fingerprint density at radius 3 is 0.667 bits per heavy atom. The average Bonchev–Trinajstić information content (AvgIpc) is 0. The zero-order chi connectivity index (χ0) is 0. The summed E-state index contributed by atoms with van der Waals surface area (Å²) in [7, 11) is 0. The summed E-state index contributed by atoms with van der Waals surface area (Å²) in [5, 5.41) is 0. The van der Waals surface area contributed by atoms with Crippen LogP contribution in [0.2, 0.25) is 0 Å². The Balaban J connectivity index is 0. The van der Waals surface area contributed by atoms with Crippen molar-refractivity contribution in [2.45, 2.75) is 0 Å². The van der Waals surface area contributed by atoms with E-state index in [0.29, 0.717) is 0 Å². The van der Waals surface area contributed by atoms with Gasteiger partial charge in [-0.15, -0.1) is 49.6 Å². The summed E-state index contributed by atoms with van der Waals surface area (Å²) in [5.41, 5.74) is 0. The van der Waals surface area contributed by atoms with Crippen molar-refractivity contribution >= 4 is 72.7 Å². The molecule has 0 aromatic carbocycles. The summed E-state index contributed by atoms with van der Waals surface area (Å²) >= 11 is 0. The SMILES string of the molecule is Cl.Cl.Cl.Cl.N.[H-].[H-].[Mg+2]. The van der Waals surface area contributed by atoms with Gasteiger partial charge in [0.2, 0.25) is 0 Å². The van der Waals surface area contributed by atoms with Crippen molar-refractivity contribution in [3.63, 3.8) is 0 Å². The second kappa shape index (κ2) is 67.1. The molecule has 0 amide bonds. The molecule has 0 rings (SSSR count). The van der Waals surface area contributed by atoms with Crippen LogP contribution in [0.5, 0.6) is 0 Å². The van der Waals surface area contributed by atoms with Gasteiger partial charge in [-0.3, -0.25) is 0 Å². The Kier molecular flexibility index (Phi) is 1170. The maximum absolute atomic E-state index is 0. The van der Waals surface area contributed by atoms with Crippen LogP contribution in [-0.2, 0) is 0 Å². The van der Waals surface area contributed by atoms with E-state index in [1.807, 2.05) is 0 Å². The molecule has 0 heterocycles. The fourth-order valence-corrected chi connectivity index (χ4v) is 0. The monoisotopic (exact) mass is 187 g/mol. The summed E-state index contributed by atoms with van der Waals surface area (Å²) < 4.78 is 0. The normalized spacial score (nSPS) is 0. The summed E-state index contributed by atoms with van der Waals surface area (Å²) in [6.45, 7) is 0. The fraction of sp³-hybridized carbons (Fsp3) is 0. The van der Waals surface area contributed by atoms with E-state index in [1.54, 1.807) is 0 Å². The zero-order valence-corrected chi connectivity index (χ0v) is 7.73. The van der Waals surface area contributed by atoms with E-state index in [-0.39, 0.29) is 81.7 Å². The van der Waals surface area contributed by atoms with Crippen LogP contribution in [-0.4, -0.2) is 23.1 Å². The maximum Gasteiger partial charge on any atom is 2.00 e. The van der Waals surface area contributed by atoms with Crippen molar-refractivity contribution in [3.8, 4) is 0 Å². The van der Waals surface area contributed by atoms with E-state index in [1.165, 1.54) is 0 Å². The smallest absolute Gasteiger partial charge is 1.00 e. The number of rotatable bonds is 0. The van der Waals surface area contributed by atoms with Crippen molar-refractivity contribution in [3.05, 3.63) is 0 Å². The molecule has 0 aliphatic heterocycles. The number of hydrogen-bond donors (Lipinski definition) is 1. The van der Waals surface area contributed by atoms with Gasteiger partial charge in [0.15, 0.2) is 0 Å². The Hall–Kier alpha value is 1.89. The Bertz CT molecular complexity index is 14.0. The standard InChI is InChI=1S/4ClH.Mg.H3N.2H/h4*1H;;1H3;;/q;;;;+2;;2*-1. The molecule has 0 fully saturated rings. The van der Waals surface area contributed by atoms with Crippen LogP contribution in [0.4, 0.5) is 0 Å². The van der Waals surface area contributed by atoms with E-state index in [4.69, 9.17) is 0 Å². The van der Waals surface area contributed by atoms with Crippen LogP contribution < -0.4 is 6.15 Å². The number of halogens is 4. The third-order valence-electron chi connectivity index (χ3n) is 0. The predicted molar refractivity (Wildman–Crippen MR) is 42.0 cm³/mol. The Labute approximate surface area is 81.4 Å². The molecule has 3 N–H and O–H groups in total. The summed E-state index contributed by atoms with van der Waals surface area (Å²) in [6, 6.07) is 0. The van der Waals surface area contributed by atoms with Crippen LogP contribution in [0.25, 0.3) is 0 Å². The van der Waals surface area contributed by atoms with Crippen molar-refractivity contribution < 1.29 is 2.85 Å². The van der Waals surface area contributed by atoms with Gasteiger partial charge in [0, 0.05) is 0 Å². The van der Waals surface area contributed by atoms with Crippen molar-refractivity contribution in [2.75, 3.05) is 0 Å². The Morgan fingerprint density at radius 2 is 0.667 bits per heavy atom. The molecule has 0 aliphatic carbocycles. The first kappa shape index (κ1) is 105. The minimum absolute atomic E-state index is 0.